The minimum atomic E-state index is 0.259. The summed E-state index contributed by atoms with van der Waals surface area (Å²) >= 11 is 0. The molecule has 0 saturated heterocycles. The van der Waals surface area contributed by atoms with Crippen LogP contribution in [0.25, 0.3) is 0 Å². The molecule has 1 aliphatic heterocycles. The molecule has 1 N–H and O–H groups in total. The number of hydrogen-bond acceptors (Lipinski definition) is 4. The van der Waals surface area contributed by atoms with Crippen LogP contribution in [-0.4, -0.2) is 26.2 Å². The lowest BCUT2D eigenvalue weighted by Crippen LogP contribution is -2.36. The van der Waals surface area contributed by atoms with Gasteiger partial charge in [0.05, 0.1) is 5.70 Å². The van der Waals surface area contributed by atoms with Gasteiger partial charge in [0, 0.05) is 25.5 Å². The van der Waals surface area contributed by atoms with Gasteiger partial charge in [-0.3, -0.25) is 0 Å². The number of aryl methyl sites for hydroxylation is 2. The lowest BCUT2D eigenvalue weighted by atomic mass is 9.84. The SMILES string of the molecule is COCOC1=C(C2CCCCC2)NC(Cc2c(C)cc(CCC=O)c(C)c2C)C=C1. The third-order valence-corrected chi connectivity index (χ3v) is 6.75. The summed E-state index contributed by atoms with van der Waals surface area (Å²) in [5.74, 6) is 1.49. The number of nitrogens with one attached hydrogen (secondary N) is 1. The molecule has 3 rings (SSSR count). The van der Waals surface area contributed by atoms with E-state index in [-0.39, 0.29) is 12.8 Å². The summed E-state index contributed by atoms with van der Waals surface area (Å²) in [6.07, 6.45) is 14.1. The summed E-state index contributed by atoms with van der Waals surface area (Å²) in [5.41, 5.74) is 7.97. The largest absolute Gasteiger partial charge is 0.466 e. The zero-order chi connectivity index (χ0) is 21.5. The molecule has 1 aromatic carbocycles. The number of aldehydes is 1. The lowest BCUT2D eigenvalue weighted by molar-refractivity contribution is -0.107. The molecule has 2 aliphatic rings. The van der Waals surface area contributed by atoms with Crippen molar-refractivity contribution in [2.24, 2.45) is 5.92 Å². The van der Waals surface area contributed by atoms with E-state index < -0.39 is 0 Å². The molecule has 0 bridgehead atoms. The van der Waals surface area contributed by atoms with Crippen molar-refractivity contribution in [3.8, 4) is 0 Å². The Labute approximate surface area is 181 Å². The third-order valence-electron chi connectivity index (χ3n) is 6.75. The van der Waals surface area contributed by atoms with Crippen molar-refractivity contribution < 1.29 is 14.3 Å². The van der Waals surface area contributed by atoms with Gasteiger partial charge in [0.25, 0.3) is 0 Å². The summed E-state index contributed by atoms with van der Waals surface area (Å²) in [7, 11) is 1.66. The molecule has 0 amide bonds. The molecule has 30 heavy (non-hydrogen) atoms. The maximum atomic E-state index is 10.8. The Morgan fingerprint density at radius 2 is 1.90 bits per heavy atom. The molecule has 1 atom stereocenters. The molecule has 0 spiro atoms. The fraction of sp³-hybridized carbons (Fsp3) is 0.577. The Hall–Kier alpha value is -2.07. The highest BCUT2D eigenvalue weighted by Gasteiger charge is 2.26. The Morgan fingerprint density at radius 1 is 1.13 bits per heavy atom. The predicted molar refractivity (Wildman–Crippen MR) is 121 cm³/mol. The number of methoxy groups -OCH3 is 1. The molecular weight excluding hydrogens is 374 g/mol. The predicted octanol–water partition coefficient (Wildman–Crippen LogP) is 5.23. The normalized spacial score (nSPS) is 19.7. The molecular formula is C26H37NO3. The second-order valence-electron chi connectivity index (χ2n) is 8.76. The van der Waals surface area contributed by atoms with E-state index in [1.807, 2.05) is 0 Å². The van der Waals surface area contributed by atoms with E-state index in [1.165, 1.54) is 65.6 Å². The Kier molecular flexibility index (Phi) is 8.15. The first-order chi connectivity index (χ1) is 14.5. The molecule has 1 fully saturated rings. The van der Waals surface area contributed by atoms with E-state index in [1.54, 1.807) is 7.11 Å². The number of carbonyl (C=O) groups excluding carboxylic acids is 1. The standard InChI is InChI=1S/C26H37NO3/c1-18-15-22(11-8-14-28)19(2)20(3)24(18)16-23-12-13-25(30-17-29-4)26(27-23)21-9-6-5-7-10-21/h12-15,21,23,27H,5-11,16-17H2,1-4H3. The van der Waals surface area contributed by atoms with Crippen LogP contribution in [0.4, 0.5) is 0 Å². The number of carbonyl (C=O) groups is 1. The molecule has 4 heteroatoms. The van der Waals surface area contributed by atoms with Gasteiger partial charge in [-0.1, -0.05) is 31.4 Å². The average Bonchev–Trinajstić information content (AvgIpc) is 2.77. The number of hydrogen-bond donors (Lipinski definition) is 1. The van der Waals surface area contributed by atoms with E-state index in [9.17, 15) is 4.79 Å². The van der Waals surface area contributed by atoms with Crippen LogP contribution in [0.2, 0.25) is 0 Å². The van der Waals surface area contributed by atoms with Crippen LogP contribution >= 0.6 is 0 Å². The Morgan fingerprint density at radius 3 is 2.60 bits per heavy atom. The minimum absolute atomic E-state index is 0.259. The third kappa shape index (κ3) is 5.34. The van der Waals surface area contributed by atoms with Crippen LogP contribution in [0.15, 0.2) is 29.7 Å². The highest BCUT2D eigenvalue weighted by atomic mass is 16.7. The van der Waals surface area contributed by atoms with Crippen molar-refractivity contribution in [1.82, 2.24) is 5.32 Å². The summed E-state index contributed by atoms with van der Waals surface area (Å²) in [4.78, 5) is 10.8. The average molecular weight is 412 g/mol. The monoisotopic (exact) mass is 411 g/mol. The quantitative estimate of drug-likeness (QED) is 0.447. The van der Waals surface area contributed by atoms with Crippen LogP contribution in [0.1, 0.15) is 66.3 Å². The van der Waals surface area contributed by atoms with Gasteiger partial charge < -0.3 is 19.6 Å². The molecule has 1 heterocycles. The van der Waals surface area contributed by atoms with Crippen molar-refractivity contribution in [2.75, 3.05) is 13.9 Å². The maximum Gasteiger partial charge on any atom is 0.188 e. The van der Waals surface area contributed by atoms with Gasteiger partial charge in [0.2, 0.25) is 0 Å². The second-order valence-corrected chi connectivity index (χ2v) is 8.76. The number of allylic oxidation sites excluding steroid dienone is 2. The number of ether oxygens (including phenoxy) is 2. The first-order valence-electron chi connectivity index (χ1n) is 11.4. The van der Waals surface area contributed by atoms with Gasteiger partial charge in [-0.15, -0.1) is 0 Å². The van der Waals surface area contributed by atoms with Gasteiger partial charge in [-0.25, -0.2) is 0 Å². The first-order valence-corrected chi connectivity index (χ1v) is 11.4. The van der Waals surface area contributed by atoms with E-state index in [4.69, 9.17) is 9.47 Å². The molecule has 1 aliphatic carbocycles. The zero-order valence-electron chi connectivity index (χ0n) is 19.1. The van der Waals surface area contributed by atoms with Gasteiger partial charge in [-0.2, -0.15) is 0 Å². The summed E-state index contributed by atoms with van der Waals surface area (Å²) in [6.45, 7) is 6.89. The van der Waals surface area contributed by atoms with Crippen LogP contribution < -0.4 is 5.32 Å². The van der Waals surface area contributed by atoms with Gasteiger partial charge >= 0.3 is 0 Å². The van der Waals surface area contributed by atoms with Gasteiger partial charge in [0.15, 0.2) is 6.79 Å². The molecule has 164 valence electrons. The summed E-state index contributed by atoms with van der Waals surface area (Å²) in [5, 5.41) is 3.82. The van der Waals surface area contributed by atoms with Gasteiger partial charge in [0.1, 0.15) is 12.0 Å². The van der Waals surface area contributed by atoms with E-state index >= 15 is 0 Å². The van der Waals surface area contributed by atoms with E-state index in [0.717, 1.165) is 24.9 Å². The van der Waals surface area contributed by atoms with Crippen molar-refractivity contribution in [3.05, 3.63) is 57.5 Å². The number of benzene rings is 1. The van der Waals surface area contributed by atoms with Crippen LogP contribution in [0.5, 0.6) is 0 Å². The highest BCUT2D eigenvalue weighted by Crippen LogP contribution is 2.33. The molecule has 0 radical (unpaired) electrons. The maximum absolute atomic E-state index is 10.8. The molecule has 1 saturated carbocycles. The fourth-order valence-electron chi connectivity index (χ4n) is 4.92. The molecule has 1 aromatic rings. The highest BCUT2D eigenvalue weighted by molar-refractivity contribution is 5.52. The van der Waals surface area contributed by atoms with Crippen molar-refractivity contribution in [2.45, 2.75) is 78.2 Å². The van der Waals surface area contributed by atoms with E-state index in [0.29, 0.717) is 12.3 Å². The minimum Gasteiger partial charge on any atom is -0.466 e. The van der Waals surface area contributed by atoms with Crippen molar-refractivity contribution >= 4 is 6.29 Å². The van der Waals surface area contributed by atoms with Crippen LogP contribution in [0.3, 0.4) is 0 Å². The molecule has 1 unspecified atom stereocenters. The van der Waals surface area contributed by atoms with Crippen LogP contribution in [-0.2, 0) is 27.1 Å². The zero-order valence-corrected chi connectivity index (χ0v) is 19.1. The molecule has 0 aromatic heterocycles. The summed E-state index contributed by atoms with van der Waals surface area (Å²) < 4.78 is 11.0. The van der Waals surface area contributed by atoms with Crippen molar-refractivity contribution in [3.63, 3.8) is 0 Å². The fourth-order valence-corrected chi connectivity index (χ4v) is 4.92. The van der Waals surface area contributed by atoms with E-state index in [2.05, 4.69) is 44.3 Å². The van der Waals surface area contributed by atoms with Crippen LogP contribution in [0, 0.1) is 26.7 Å². The topological polar surface area (TPSA) is 47.6 Å². The summed E-state index contributed by atoms with van der Waals surface area (Å²) in [6, 6.07) is 2.54. The Bertz CT molecular complexity index is 803. The number of rotatable bonds is 9. The second kappa shape index (κ2) is 10.8. The lowest BCUT2D eigenvalue weighted by Gasteiger charge is -2.32. The molecule has 4 nitrogen and oxygen atoms in total. The van der Waals surface area contributed by atoms with Gasteiger partial charge in [-0.05, 0) is 80.3 Å². The smallest absolute Gasteiger partial charge is 0.188 e. The van der Waals surface area contributed by atoms with Crippen molar-refractivity contribution in [1.29, 1.82) is 0 Å². The first kappa shape index (κ1) is 22.6. The Balaban J connectivity index is 1.79. The number of dihydropyridines is 1.